The smallest absolute Gasteiger partial charge is 0.151 e. The minimum atomic E-state index is -0.714. The molecule has 2 nitrogen and oxygen atoms in total. The highest BCUT2D eigenvalue weighted by Gasteiger charge is 2.74. The van der Waals surface area contributed by atoms with E-state index in [0.29, 0.717) is 0 Å². The lowest BCUT2D eigenvalue weighted by molar-refractivity contribution is -0.0536. The summed E-state index contributed by atoms with van der Waals surface area (Å²) in [6.07, 6.45) is 6.37. The van der Waals surface area contributed by atoms with Gasteiger partial charge in [0.1, 0.15) is 11.2 Å². The molecule has 0 aromatic heterocycles. The zero-order chi connectivity index (χ0) is 13.6. The topological polar surface area (TPSA) is 32.8 Å². The molecule has 0 amide bonds. The van der Waals surface area contributed by atoms with E-state index < -0.39 is 11.2 Å². The zero-order valence-electron chi connectivity index (χ0n) is 12.0. The van der Waals surface area contributed by atoms with Gasteiger partial charge in [0, 0.05) is 0 Å². The van der Waals surface area contributed by atoms with Gasteiger partial charge in [-0.05, 0) is 32.3 Å². The number of benzene rings is 1. The Morgan fingerprint density at radius 3 is 1.95 bits per heavy atom. The third-order valence-corrected chi connectivity index (χ3v) is 4.98. The van der Waals surface area contributed by atoms with Crippen molar-refractivity contribution in [1.82, 2.24) is 0 Å². The first kappa shape index (κ1) is 13.1. The van der Waals surface area contributed by atoms with Crippen molar-refractivity contribution in [3.8, 4) is 0 Å². The van der Waals surface area contributed by atoms with Gasteiger partial charge in [-0.15, -0.1) is 0 Å². The lowest BCUT2D eigenvalue weighted by Crippen LogP contribution is -2.46. The van der Waals surface area contributed by atoms with Crippen molar-refractivity contribution >= 4 is 0 Å². The summed E-state index contributed by atoms with van der Waals surface area (Å²) >= 11 is 0. The molecule has 1 heterocycles. The molecule has 0 spiro atoms. The number of rotatable bonds is 2. The van der Waals surface area contributed by atoms with Crippen molar-refractivity contribution in [2.75, 3.05) is 0 Å². The van der Waals surface area contributed by atoms with Crippen LogP contribution in [-0.2, 0) is 10.3 Å². The molecule has 1 aromatic rings. The van der Waals surface area contributed by atoms with Gasteiger partial charge >= 0.3 is 0 Å². The number of ether oxygens (including phenoxy) is 1. The number of epoxide rings is 1. The first-order valence-electron chi connectivity index (χ1n) is 7.50. The first-order chi connectivity index (χ1) is 9.02. The molecular formula is C17H24O2. The largest absolute Gasteiger partial charge is 0.386 e. The van der Waals surface area contributed by atoms with E-state index in [0.717, 1.165) is 31.2 Å². The molecule has 1 aromatic carbocycles. The van der Waals surface area contributed by atoms with Crippen LogP contribution in [0.3, 0.4) is 0 Å². The fourth-order valence-electron chi connectivity index (χ4n) is 4.03. The van der Waals surface area contributed by atoms with Crippen molar-refractivity contribution < 1.29 is 9.84 Å². The summed E-state index contributed by atoms with van der Waals surface area (Å²) in [7, 11) is 0. The normalized spacial score (nSPS) is 32.6. The van der Waals surface area contributed by atoms with Crippen LogP contribution in [0.1, 0.15) is 57.9 Å². The molecule has 0 radical (unpaired) electrons. The van der Waals surface area contributed by atoms with E-state index in [2.05, 4.69) is 26.0 Å². The Hall–Kier alpha value is -0.860. The van der Waals surface area contributed by atoms with Crippen LogP contribution < -0.4 is 0 Å². The maximum Gasteiger partial charge on any atom is 0.151 e. The fraction of sp³-hybridized carbons (Fsp3) is 0.647. The third-order valence-electron chi connectivity index (χ3n) is 4.98. The van der Waals surface area contributed by atoms with E-state index in [1.165, 1.54) is 12.8 Å². The molecule has 1 atom stereocenters. The summed E-state index contributed by atoms with van der Waals surface area (Å²) in [5.41, 5.74) is -0.364. The first-order valence-corrected chi connectivity index (χ1v) is 7.50. The van der Waals surface area contributed by atoms with Crippen molar-refractivity contribution in [1.29, 1.82) is 0 Å². The highest BCUT2D eigenvalue weighted by molar-refractivity contribution is 5.37. The molecule has 104 valence electrons. The molecule has 1 N–H and O–H groups in total. The van der Waals surface area contributed by atoms with Gasteiger partial charge in [-0.1, -0.05) is 56.0 Å². The molecule has 0 unspecified atom stereocenters. The van der Waals surface area contributed by atoms with E-state index >= 15 is 0 Å². The second-order valence-electron chi connectivity index (χ2n) is 6.61. The van der Waals surface area contributed by atoms with Gasteiger partial charge in [-0.25, -0.2) is 0 Å². The highest BCUT2D eigenvalue weighted by atomic mass is 16.6. The third kappa shape index (κ3) is 1.85. The Labute approximate surface area is 115 Å². The molecule has 1 aliphatic heterocycles. The number of hydrogen-bond acceptors (Lipinski definition) is 2. The van der Waals surface area contributed by atoms with Gasteiger partial charge in [0.2, 0.25) is 0 Å². The lowest BCUT2D eigenvalue weighted by atomic mass is 9.71. The molecule has 1 aliphatic carbocycles. The van der Waals surface area contributed by atoms with E-state index in [1.54, 1.807) is 0 Å². The van der Waals surface area contributed by atoms with Gasteiger partial charge < -0.3 is 9.84 Å². The predicted molar refractivity (Wildman–Crippen MR) is 75.9 cm³/mol. The van der Waals surface area contributed by atoms with Crippen LogP contribution in [0.25, 0.3) is 0 Å². The minimum Gasteiger partial charge on any atom is -0.386 e. The van der Waals surface area contributed by atoms with Crippen LogP contribution >= 0.6 is 0 Å². The molecular weight excluding hydrogens is 236 g/mol. The summed E-state index contributed by atoms with van der Waals surface area (Å²) in [5, 5.41) is 11.3. The van der Waals surface area contributed by atoms with E-state index in [-0.39, 0.29) is 5.60 Å². The van der Waals surface area contributed by atoms with Crippen molar-refractivity contribution in [2.45, 2.75) is 69.2 Å². The molecule has 0 bridgehead atoms. The molecule has 2 fully saturated rings. The van der Waals surface area contributed by atoms with Crippen LogP contribution in [0.4, 0.5) is 0 Å². The van der Waals surface area contributed by atoms with Crippen LogP contribution in [0, 0.1) is 0 Å². The predicted octanol–water partition coefficient (Wildman–Crippen LogP) is 3.78. The van der Waals surface area contributed by atoms with Gasteiger partial charge in [0.15, 0.2) is 5.60 Å². The maximum absolute atomic E-state index is 11.3. The average molecular weight is 260 g/mol. The van der Waals surface area contributed by atoms with Crippen LogP contribution in [-0.4, -0.2) is 16.3 Å². The van der Waals surface area contributed by atoms with Gasteiger partial charge in [-0.2, -0.15) is 0 Å². The SMILES string of the molecule is CC1(C)O[C@]1(c1ccccc1)C1(O)CCCCCC1. The number of aliphatic hydroxyl groups is 1. The van der Waals surface area contributed by atoms with E-state index in [4.69, 9.17) is 4.74 Å². The standard InChI is InChI=1S/C17H24O2/c1-15(2)17(19-15,14-10-6-5-7-11-14)16(18)12-8-3-4-9-13-16/h5-7,10-11,18H,3-4,8-9,12-13H2,1-2H3/t17-/m0/s1. The quantitative estimate of drug-likeness (QED) is 0.648. The Balaban J connectivity index is 2.02. The van der Waals surface area contributed by atoms with Crippen LogP contribution in [0.15, 0.2) is 30.3 Å². The number of hydrogen-bond donors (Lipinski definition) is 1. The fourth-order valence-corrected chi connectivity index (χ4v) is 4.03. The van der Waals surface area contributed by atoms with E-state index in [1.807, 2.05) is 18.2 Å². The van der Waals surface area contributed by atoms with Crippen molar-refractivity contribution in [3.63, 3.8) is 0 Å². The average Bonchev–Trinajstić information content (AvgIpc) is 3.05. The Kier molecular flexibility index (Phi) is 2.99. The Morgan fingerprint density at radius 1 is 0.947 bits per heavy atom. The van der Waals surface area contributed by atoms with Gasteiger partial charge in [0.05, 0.1) is 0 Å². The summed E-state index contributed by atoms with van der Waals surface area (Å²) in [5.74, 6) is 0. The molecule has 2 heteroatoms. The van der Waals surface area contributed by atoms with Crippen molar-refractivity contribution in [3.05, 3.63) is 35.9 Å². The molecule has 1 saturated carbocycles. The van der Waals surface area contributed by atoms with E-state index in [9.17, 15) is 5.11 Å². The lowest BCUT2D eigenvalue weighted by Gasteiger charge is -2.35. The van der Waals surface area contributed by atoms with Crippen LogP contribution in [0.5, 0.6) is 0 Å². The second-order valence-corrected chi connectivity index (χ2v) is 6.61. The van der Waals surface area contributed by atoms with Gasteiger partial charge in [0.25, 0.3) is 0 Å². The Bertz CT molecular complexity index is 444. The molecule has 19 heavy (non-hydrogen) atoms. The Morgan fingerprint density at radius 2 is 1.47 bits per heavy atom. The zero-order valence-corrected chi connectivity index (χ0v) is 12.0. The van der Waals surface area contributed by atoms with Crippen molar-refractivity contribution in [2.24, 2.45) is 0 Å². The summed E-state index contributed by atoms with van der Waals surface area (Å²) in [4.78, 5) is 0. The maximum atomic E-state index is 11.3. The summed E-state index contributed by atoms with van der Waals surface area (Å²) in [6.45, 7) is 4.20. The molecule has 1 saturated heterocycles. The molecule has 3 rings (SSSR count). The molecule has 2 aliphatic rings. The summed E-state index contributed by atoms with van der Waals surface area (Å²) in [6, 6.07) is 10.3. The minimum absolute atomic E-state index is 0.270. The second kappa shape index (κ2) is 4.32. The highest BCUT2D eigenvalue weighted by Crippen LogP contribution is 2.64. The van der Waals surface area contributed by atoms with Crippen LogP contribution in [0.2, 0.25) is 0 Å². The summed E-state index contributed by atoms with van der Waals surface area (Å²) < 4.78 is 6.13. The van der Waals surface area contributed by atoms with Gasteiger partial charge in [-0.3, -0.25) is 0 Å². The monoisotopic (exact) mass is 260 g/mol.